The van der Waals surface area contributed by atoms with Crippen LogP contribution in [0.1, 0.15) is 58.3 Å². The van der Waals surface area contributed by atoms with Crippen molar-refractivity contribution in [2.75, 3.05) is 0 Å². The molecule has 0 amide bonds. The SMILES string of the molecule is CC12CCCCC1(O)CCCC2. The van der Waals surface area contributed by atoms with Crippen LogP contribution in [0.3, 0.4) is 0 Å². The first kappa shape index (κ1) is 8.55. The zero-order chi connectivity index (χ0) is 8.66. The maximum Gasteiger partial charge on any atom is 0.0701 e. The van der Waals surface area contributed by atoms with Gasteiger partial charge in [0, 0.05) is 0 Å². The molecular weight excluding hydrogens is 148 g/mol. The number of hydrogen-bond donors (Lipinski definition) is 1. The van der Waals surface area contributed by atoms with Gasteiger partial charge in [0.15, 0.2) is 0 Å². The summed E-state index contributed by atoms with van der Waals surface area (Å²) in [6.45, 7) is 2.30. The topological polar surface area (TPSA) is 20.2 Å². The van der Waals surface area contributed by atoms with E-state index in [0.29, 0.717) is 0 Å². The molecule has 12 heavy (non-hydrogen) atoms. The Morgan fingerprint density at radius 1 is 0.833 bits per heavy atom. The van der Waals surface area contributed by atoms with Crippen molar-refractivity contribution in [2.24, 2.45) is 5.41 Å². The van der Waals surface area contributed by atoms with Gasteiger partial charge in [0.2, 0.25) is 0 Å². The molecule has 2 fully saturated rings. The molecule has 0 unspecified atom stereocenters. The second-order valence-electron chi connectivity index (χ2n) is 5.01. The normalized spacial score (nSPS) is 48.5. The molecule has 0 aliphatic heterocycles. The number of hydrogen-bond acceptors (Lipinski definition) is 1. The van der Waals surface area contributed by atoms with Crippen LogP contribution in [-0.2, 0) is 0 Å². The third-order valence-corrected chi connectivity index (χ3v) is 4.26. The maximum absolute atomic E-state index is 10.5. The van der Waals surface area contributed by atoms with E-state index in [4.69, 9.17) is 0 Å². The lowest BCUT2D eigenvalue weighted by Crippen LogP contribution is -2.50. The highest BCUT2D eigenvalue weighted by Crippen LogP contribution is 2.52. The first-order chi connectivity index (χ1) is 5.66. The Morgan fingerprint density at radius 3 is 1.67 bits per heavy atom. The van der Waals surface area contributed by atoms with E-state index in [2.05, 4.69) is 6.92 Å². The van der Waals surface area contributed by atoms with Gasteiger partial charge in [0.05, 0.1) is 5.60 Å². The third-order valence-electron chi connectivity index (χ3n) is 4.26. The highest BCUT2D eigenvalue weighted by molar-refractivity contribution is 5.01. The third kappa shape index (κ3) is 1.10. The Hall–Kier alpha value is -0.0400. The van der Waals surface area contributed by atoms with E-state index in [1.165, 1.54) is 38.5 Å². The molecular formula is C11H20O. The molecule has 1 nitrogen and oxygen atoms in total. The molecule has 0 radical (unpaired) electrons. The molecule has 2 rings (SSSR count). The minimum Gasteiger partial charge on any atom is -0.389 e. The van der Waals surface area contributed by atoms with Crippen molar-refractivity contribution < 1.29 is 5.11 Å². The Labute approximate surface area is 75.2 Å². The van der Waals surface area contributed by atoms with E-state index in [1.807, 2.05) is 0 Å². The minimum atomic E-state index is -0.288. The lowest BCUT2D eigenvalue weighted by atomic mass is 9.57. The van der Waals surface area contributed by atoms with Gasteiger partial charge < -0.3 is 5.11 Å². The van der Waals surface area contributed by atoms with Crippen molar-refractivity contribution in [3.05, 3.63) is 0 Å². The number of rotatable bonds is 0. The fourth-order valence-corrected chi connectivity index (χ4v) is 3.18. The molecule has 0 aromatic carbocycles. The molecule has 1 N–H and O–H groups in total. The zero-order valence-corrected chi connectivity index (χ0v) is 8.10. The Balaban J connectivity index is 2.20. The fourth-order valence-electron chi connectivity index (χ4n) is 3.18. The summed E-state index contributed by atoms with van der Waals surface area (Å²) in [6, 6.07) is 0. The average Bonchev–Trinajstić information content (AvgIpc) is 2.05. The van der Waals surface area contributed by atoms with E-state index in [0.717, 1.165) is 12.8 Å². The minimum absolute atomic E-state index is 0.267. The Morgan fingerprint density at radius 2 is 1.25 bits per heavy atom. The molecule has 0 aromatic heterocycles. The quantitative estimate of drug-likeness (QED) is 0.589. The van der Waals surface area contributed by atoms with Crippen molar-refractivity contribution in [2.45, 2.75) is 63.9 Å². The summed E-state index contributed by atoms with van der Waals surface area (Å²) < 4.78 is 0. The molecule has 0 atom stereocenters. The molecule has 0 bridgehead atoms. The molecule has 0 spiro atoms. The summed E-state index contributed by atoms with van der Waals surface area (Å²) in [4.78, 5) is 0. The Kier molecular flexibility index (Phi) is 1.95. The number of fused-ring (bicyclic) bond motifs is 1. The van der Waals surface area contributed by atoms with Crippen LogP contribution in [0.4, 0.5) is 0 Å². The zero-order valence-electron chi connectivity index (χ0n) is 8.10. The smallest absolute Gasteiger partial charge is 0.0701 e. The second kappa shape index (κ2) is 2.73. The van der Waals surface area contributed by atoms with Crippen LogP contribution in [0.25, 0.3) is 0 Å². The van der Waals surface area contributed by atoms with E-state index < -0.39 is 0 Å². The second-order valence-corrected chi connectivity index (χ2v) is 5.01. The monoisotopic (exact) mass is 168 g/mol. The summed E-state index contributed by atoms with van der Waals surface area (Å²) in [7, 11) is 0. The van der Waals surface area contributed by atoms with Gasteiger partial charge in [0.25, 0.3) is 0 Å². The van der Waals surface area contributed by atoms with E-state index in [9.17, 15) is 5.11 Å². The molecule has 0 saturated heterocycles. The summed E-state index contributed by atoms with van der Waals surface area (Å²) >= 11 is 0. The lowest BCUT2D eigenvalue weighted by Gasteiger charge is -2.52. The standard InChI is InChI=1S/C11H20O/c1-10-6-2-4-8-11(10,12)9-5-3-7-10/h12H,2-9H2,1H3. The van der Waals surface area contributed by atoms with E-state index >= 15 is 0 Å². The van der Waals surface area contributed by atoms with Crippen molar-refractivity contribution in [1.82, 2.24) is 0 Å². The first-order valence-electron chi connectivity index (χ1n) is 5.39. The maximum atomic E-state index is 10.5. The highest BCUT2D eigenvalue weighted by Gasteiger charge is 2.49. The van der Waals surface area contributed by atoms with Crippen molar-refractivity contribution >= 4 is 0 Å². The van der Waals surface area contributed by atoms with Crippen molar-refractivity contribution in [3.8, 4) is 0 Å². The first-order valence-corrected chi connectivity index (χ1v) is 5.39. The molecule has 2 aliphatic carbocycles. The largest absolute Gasteiger partial charge is 0.389 e. The fraction of sp³-hybridized carbons (Fsp3) is 1.00. The molecule has 2 aliphatic rings. The molecule has 0 aromatic rings. The van der Waals surface area contributed by atoms with E-state index in [1.54, 1.807) is 0 Å². The van der Waals surface area contributed by atoms with Gasteiger partial charge in [-0.2, -0.15) is 0 Å². The summed E-state index contributed by atoms with van der Waals surface area (Å²) in [5, 5.41) is 10.5. The predicted octanol–water partition coefficient (Wildman–Crippen LogP) is 2.87. The van der Waals surface area contributed by atoms with Gasteiger partial charge >= 0.3 is 0 Å². The van der Waals surface area contributed by atoms with Gasteiger partial charge in [-0.3, -0.25) is 0 Å². The lowest BCUT2D eigenvalue weighted by molar-refractivity contribution is -0.132. The van der Waals surface area contributed by atoms with Gasteiger partial charge in [-0.1, -0.05) is 32.6 Å². The van der Waals surface area contributed by atoms with Crippen LogP contribution in [0, 0.1) is 5.41 Å². The van der Waals surface area contributed by atoms with Crippen molar-refractivity contribution in [1.29, 1.82) is 0 Å². The summed E-state index contributed by atoms with van der Waals surface area (Å²) in [5.74, 6) is 0. The van der Waals surface area contributed by atoms with Crippen LogP contribution < -0.4 is 0 Å². The van der Waals surface area contributed by atoms with Crippen LogP contribution >= 0.6 is 0 Å². The van der Waals surface area contributed by atoms with Gasteiger partial charge in [-0.15, -0.1) is 0 Å². The Bertz CT molecular complexity index is 142. The van der Waals surface area contributed by atoms with Gasteiger partial charge in [0.1, 0.15) is 0 Å². The molecule has 70 valence electrons. The summed E-state index contributed by atoms with van der Waals surface area (Å²) in [5.41, 5.74) is -0.0208. The van der Waals surface area contributed by atoms with Crippen LogP contribution in [-0.4, -0.2) is 10.7 Å². The van der Waals surface area contributed by atoms with Gasteiger partial charge in [-0.05, 0) is 31.1 Å². The van der Waals surface area contributed by atoms with Crippen molar-refractivity contribution in [3.63, 3.8) is 0 Å². The predicted molar refractivity (Wildman–Crippen MR) is 50.0 cm³/mol. The van der Waals surface area contributed by atoms with Crippen LogP contribution in [0.5, 0.6) is 0 Å². The highest BCUT2D eigenvalue weighted by atomic mass is 16.3. The van der Waals surface area contributed by atoms with E-state index in [-0.39, 0.29) is 11.0 Å². The summed E-state index contributed by atoms with van der Waals surface area (Å²) in [6.07, 6.45) is 9.77. The number of aliphatic hydroxyl groups is 1. The molecule has 0 heterocycles. The van der Waals surface area contributed by atoms with Crippen LogP contribution in [0.15, 0.2) is 0 Å². The van der Waals surface area contributed by atoms with Crippen LogP contribution in [0.2, 0.25) is 0 Å². The average molecular weight is 168 g/mol. The van der Waals surface area contributed by atoms with Gasteiger partial charge in [-0.25, -0.2) is 0 Å². The molecule has 2 saturated carbocycles. The molecule has 1 heteroatoms.